The van der Waals surface area contributed by atoms with Crippen molar-refractivity contribution in [1.82, 2.24) is 20.0 Å². The van der Waals surface area contributed by atoms with Crippen LogP contribution in [-0.2, 0) is 4.74 Å². The predicted molar refractivity (Wildman–Crippen MR) is 87.8 cm³/mol. The zero-order chi connectivity index (χ0) is 15.9. The lowest BCUT2D eigenvalue weighted by Gasteiger charge is -2.26. The van der Waals surface area contributed by atoms with Crippen LogP contribution < -0.4 is 5.32 Å². The fraction of sp³-hybridized carbons (Fsp3) is 0.412. The third-order valence-electron chi connectivity index (χ3n) is 3.94. The minimum Gasteiger partial charge on any atom is -0.379 e. The van der Waals surface area contributed by atoms with Crippen LogP contribution in [0.3, 0.4) is 0 Å². The van der Waals surface area contributed by atoms with E-state index >= 15 is 0 Å². The highest BCUT2D eigenvalue weighted by molar-refractivity contribution is 5.97. The topological polar surface area (TPSA) is 59.4 Å². The van der Waals surface area contributed by atoms with Gasteiger partial charge in [0, 0.05) is 32.0 Å². The number of hydrogen-bond donors (Lipinski definition) is 1. The van der Waals surface area contributed by atoms with Crippen LogP contribution in [0, 0.1) is 0 Å². The molecule has 1 aliphatic heterocycles. The number of nitrogens with one attached hydrogen (secondary N) is 1. The molecule has 6 nitrogen and oxygen atoms in total. The summed E-state index contributed by atoms with van der Waals surface area (Å²) in [5.41, 5.74) is 1.44. The molecule has 0 radical (unpaired) electrons. The molecule has 1 fully saturated rings. The zero-order valence-electron chi connectivity index (χ0n) is 13.1. The Kier molecular flexibility index (Phi) is 5.39. The molecule has 0 unspecified atom stereocenters. The number of benzene rings is 1. The van der Waals surface area contributed by atoms with E-state index < -0.39 is 0 Å². The van der Waals surface area contributed by atoms with E-state index in [1.54, 1.807) is 10.9 Å². The number of aromatic nitrogens is 2. The number of amides is 1. The molecule has 0 aliphatic carbocycles. The number of nitrogens with zero attached hydrogens (tertiary/aromatic N) is 3. The molecule has 1 N–H and O–H groups in total. The molecule has 1 saturated heterocycles. The van der Waals surface area contributed by atoms with E-state index in [4.69, 9.17) is 4.74 Å². The molecule has 2 heterocycles. The minimum atomic E-state index is -0.0573. The number of ether oxygens (including phenoxy) is 1. The Morgan fingerprint density at radius 2 is 2.04 bits per heavy atom. The van der Waals surface area contributed by atoms with Crippen molar-refractivity contribution in [2.75, 3.05) is 39.4 Å². The smallest absolute Gasteiger partial charge is 0.253 e. The summed E-state index contributed by atoms with van der Waals surface area (Å²) < 4.78 is 7.04. The highest BCUT2D eigenvalue weighted by Gasteiger charge is 2.13. The second kappa shape index (κ2) is 7.89. The monoisotopic (exact) mass is 314 g/mol. The Hall–Kier alpha value is -2.18. The third-order valence-corrected chi connectivity index (χ3v) is 3.94. The highest BCUT2D eigenvalue weighted by Crippen LogP contribution is 2.13. The number of morpholine rings is 1. The second-order valence-electron chi connectivity index (χ2n) is 5.53. The molecule has 0 spiro atoms. The van der Waals surface area contributed by atoms with Crippen LogP contribution >= 0.6 is 0 Å². The standard InChI is InChI=1S/C17H22N4O2/c22-17(18-7-3-9-20-11-13-23-14-12-20)15-5-1-2-6-16(15)21-10-4-8-19-21/h1-2,4-6,8,10H,3,7,9,11-14H2,(H,18,22). The Bertz CT molecular complexity index is 621. The lowest BCUT2D eigenvalue weighted by Crippen LogP contribution is -2.38. The summed E-state index contributed by atoms with van der Waals surface area (Å²) in [6, 6.07) is 9.35. The summed E-state index contributed by atoms with van der Waals surface area (Å²) in [4.78, 5) is 14.8. The summed E-state index contributed by atoms with van der Waals surface area (Å²) in [7, 11) is 0. The van der Waals surface area contributed by atoms with Crippen molar-refractivity contribution >= 4 is 5.91 Å². The molecule has 0 atom stereocenters. The Morgan fingerprint density at radius 1 is 1.22 bits per heavy atom. The van der Waals surface area contributed by atoms with Crippen molar-refractivity contribution < 1.29 is 9.53 Å². The van der Waals surface area contributed by atoms with Crippen molar-refractivity contribution in [1.29, 1.82) is 0 Å². The van der Waals surface area contributed by atoms with Crippen LogP contribution in [0.4, 0.5) is 0 Å². The maximum absolute atomic E-state index is 12.4. The first-order valence-corrected chi connectivity index (χ1v) is 8.02. The normalized spacial score (nSPS) is 15.5. The molecule has 0 saturated carbocycles. The van der Waals surface area contributed by atoms with Gasteiger partial charge in [-0.1, -0.05) is 12.1 Å². The Morgan fingerprint density at radius 3 is 2.83 bits per heavy atom. The predicted octanol–water partition coefficient (Wildman–Crippen LogP) is 1.32. The first-order valence-electron chi connectivity index (χ1n) is 8.02. The van der Waals surface area contributed by atoms with E-state index in [0.29, 0.717) is 12.1 Å². The average molecular weight is 314 g/mol. The summed E-state index contributed by atoms with van der Waals surface area (Å²) in [5, 5.41) is 7.21. The highest BCUT2D eigenvalue weighted by atomic mass is 16.5. The van der Waals surface area contributed by atoms with Crippen molar-refractivity contribution in [3.8, 4) is 5.69 Å². The number of rotatable bonds is 6. The number of carbonyl (C=O) groups excluding carboxylic acids is 1. The van der Waals surface area contributed by atoms with E-state index in [-0.39, 0.29) is 5.91 Å². The van der Waals surface area contributed by atoms with Crippen molar-refractivity contribution in [2.45, 2.75) is 6.42 Å². The summed E-state index contributed by atoms with van der Waals surface area (Å²) >= 11 is 0. The molecule has 1 aromatic carbocycles. The van der Waals surface area contributed by atoms with Gasteiger partial charge in [-0.3, -0.25) is 9.69 Å². The van der Waals surface area contributed by atoms with E-state index in [0.717, 1.165) is 45.0 Å². The summed E-state index contributed by atoms with van der Waals surface area (Å²) in [5.74, 6) is -0.0573. The molecule has 1 aliphatic rings. The van der Waals surface area contributed by atoms with Crippen LogP contribution in [0.5, 0.6) is 0 Å². The van der Waals surface area contributed by atoms with Crippen LogP contribution in [0.15, 0.2) is 42.7 Å². The fourth-order valence-corrected chi connectivity index (χ4v) is 2.70. The lowest BCUT2D eigenvalue weighted by atomic mass is 10.1. The van der Waals surface area contributed by atoms with E-state index in [1.165, 1.54) is 0 Å². The second-order valence-corrected chi connectivity index (χ2v) is 5.53. The van der Waals surface area contributed by atoms with Crippen LogP contribution in [0.1, 0.15) is 16.8 Å². The average Bonchev–Trinajstić information content (AvgIpc) is 3.14. The van der Waals surface area contributed by atoms with Crippen molar-refractivity contribution in [3.05, 3.63) is 48.3 Å². The van der Waals surface area contributed by atoms with Crippen molar-refractivity contribution in [2.24, 2.45) is 0 Å². The Balaban J connectivity index is 1.52. The number of carbonyl (C=O) groups is 1. The van der Waals surface area contributed by atoms with Crippen LogP contribution in [0.25, 0.3) is 5.69 Å². The fourth-order valence-electron chi connectivity index (χ4n) is 2.70. The largest absolute Gasteiger partial charge is 0.379 e. The zero-order valence-corrected chi connectivity index (χ0v) is 13.1. The molecule has 3 rings (SSSR count). The van der Waals surface area contributed by atoms with Gasteiger partial charge >= 0.3 is 0 Å². The molecule has 2 aromatic rings. The van der Waals surface area contributed by atoms with Gasteiger partial charge in [0.25, 0.3) is 5.91 Å². The summed E-state index contributed by atoms with van der Waals surface area (Å²) in [6.07, 6.45) is 4.48. The van der Waals surface area contributed by atoms with Gasteiger partial charge in [-0.25, -0.2) is 4.68 Å². The van der Waals surface area contributed by atoms with Gasteiger partial charge in [0.15, 0.2) is 0 Å². The molecular weight excluding hydrogens is 292 g/mol. The van der Waals surface area contributed by atoms with Gasteiger partial charge in [-0.05, 0) is 31.2 Å². The molecule has 1 amide bonds. The van der Waals surface area contributed by atoms with Crippen LogP contribution in [-0.4, -0.2) is 60.0 Å². The summed E-state index contributed by atoms with van der Waals surface area (Å²) in [6.45, 7) is 5.24. The molecular formula is C17H22N4O2. The third kappa shape index (κ3) is 4.18. The van der Waals surface area contributed by atoms with E-state index in [2.05, 4.69) is 15.3 Å². The van der Waals surface area contributed by atoms with Gasteiger partial charge in [0.1, 0.15) is 0 Å². The quantitative estimate of drug-likeness (QED) is 0.817. The Labute approximate surface area is 136 Å². The molecule has 0 bridgehead atoms. The van der Waals surface area contributed by atoms with Crippen LogP contribution in [0.2, 0.25) is 0 Å². The van der Waals surface area contributed by atoms with Gasteiger partial charge in [-0.2, -0.15) is 5.10 Å². The molecule has 6 heteroatoms. The molecule has 122 valence electrons. The SMILES string of the molecule is O=C(NCCCN1CCOCC1)c1ccccc1-n1cccn1. The number of para-hydroxylation sites is 1. The van der Waals surface area contributed by atoms with Gasteiger partial charge < -0.3 is 10.1 Å². The van der Waals surface area contributed by atoms with Gasteiger partial charge in [0.2, 0.25) is 0 Å². The maximum atomic E-state index is 12.4. The first kappa shape index (κ1) is 15.7. The lowest BCUT2D eigenvalue weighted by molar-refractivity contribution is 0.0374. The van der Waals surface area contributed by atoms with Gasteiger partial charge in [-0.15, -0.1) is 0 Å². The minimum absolute atomic E-state index is 0.0573. The number of hydrogen-bond acceptors (Lipinski definition) is 4. The van der Waals surface area contributed by atoms with Crippen molar-refractivity contribution in [3.63, 3.8) is 0 Å². The van der Waals surface area contributed by atoms with E-state index in [9.17, 15) is 4.79 Å². The molecule has 23 heavy (non-hydrogen) atoms. The van der Waals surface area contributed by atoms with E-state index in [1.807, 2.05) is 36.5 Å². The molecule has 1 aromatic heterocycles. The van der Waals surface area contributed by atoms with Gasteiger partial charge in [0.05, 0.1) is 24.5 Å². The first-order chi connectivity index (χ1) is 11.3. The maximum Gasteiger partial charge on any atom is 0.253 e.